The molecule has 0 amide bonds. The molecule has 2 aromatic carbocycles. The molecule has 24 heavy (non-hydrogen) atoms. The number of para-hydroxylation sites is 1. The molecule has 1 aromatic heterocycles. The highest BCUT2D eigenvalue weighted by molar-refractivity contribution is 8.13. The Labute approximate surface area is 144 Å². The summed E-state index contributed by atoms with van der Waals surface area (Å²) in [6.07, 6.45) is 0. The second kappa shape index (κ2) is 7.31. The van der Waals surface area contributed by atoms with E-state index in [9.17, 15) is 4.79 Å². The predicted molar refractivity (Wildman–Crippen MR) is 100 cm³/mol. The monoisotopic (exact) mass is 338 g/mol. The summed E-state index contributed by atoms with van der Waals surface area (Å²) in [6.45, 7) is 2.00. The number of hydrogen-bond acceptors (Lipinski definition) is 4. The third-order valence-corrected chi connectivity index (χ3v) is 4.44. The molecular weight excluding hydrogens is 320 g/mol. The average molecular weight is 338 g/mol. The second-order valence-electron chi connectivity index (χ2n) is 5.37. The van der Waals surface area contributed by atoms with Crippen molar-refractivity contribution in [2.45, 2.75) is 18.7 Å². The molecule has 0 saturated carbocycles. The van der Waals surface area contributed by atoms with E-state index in [-0.39, 0.29) is 11.6 Å². The van der Waals surface area contributed by atoms with Crippen molar-refractivity contribution in [3.05, 3.63) is 76.3 Å². The van der Waals surface area contributed by atoms with Gasteiger partial charge in [-0.2, -0.15) is 0 Å². The van der Waals surface area contributed by atoms with Gasteiger partial charge in [-0.25, -0.2) is 4.98 Å². The molecule has 0 unspecified atom stereocenters. The van der Waals surface area contributed by atoms with E-state index in [4.69, 9.17) is 5.73 Å². The Morgan fingerprint density at radius 2 is 1.92 bits per heavy atom. The summed E-state index contributed by atoms with van der Waals surface area (Å²) < 4.78 is 0. The van der Waals surface area contributed by atoms with E-state index in [0.717, 1.165) is 5.56 Å². The number of benzene rings is 2. The SMILES string of the molecule is C[C@@H](N=C(N)SCc1nc2ccccc2c(=O)[nH]1)c1ccccc1. The first-order valence-electron chi connectivity index (χ1n) is 7.62. The van der Waals surface area contributed by atoms with E-state index in [1.165, 1.54) is 11.8 Å². The number of nitrogens with zero attached hydrogens (tertiary/aromatic N) is 2. The van der Waals surface area contributed by atoms with E-state index in [2.05, 4.69) is 15.0 Å². The number of H-pyrrole nitrogens is 1. The zero-order valence-electron chi connectivity index (χ0n) is 13.3. The summed E-state index contributed by atoms with van der Waals surface area (Å²) >= 11 is 1.36. The Balaban J connectivity index is 1.71. The number of hydrogen-bond donors (Lipinski definition) is 2. The topological polar surface area (TPSA) is 84.1 Å². The van der Waals surface area contributed by atoms with Crippen LogP contribution in [0.2, 0.25) is 0 Å². The van der Waals surface area contributed by atoms with Crippen molar-refractivity contribution >= 4 is 27.8 Å². The van der Waals surface area contributed by atoms with Gasteiger partial charge in [-0.1, -0.05) is 54.2 Å². The second-order valence-corrected chi connectivity index (χ2v) is 6.37. The van der Waals surface area contributed by atoms with Gasteiger partial charge in [-0.05, 0) is 24.6 Å². The number of nitrogens with two attached hydrogens (primary N) is 1. The highest BCUT2D eigenvalue weighted by Gasteiger charge is 2.07. The van der Waals surface area contributed by atoms with E-state index in [1.54, 1.807) is 6.07 Å². The molecule has 122 valence electrons. The molecule has 0 aliphatic rings. The quantitative estimate of drug-likeness (QED) is 0.565. The van der Waals surface area contributed by atoms with Gasteiger partial charge in [0.25, 0.3) is 5.56 Å². The smallest absolute Gasteiger partial charge is 0.258 e. The van der Waals surface area contributed by atoms with Crippen molar-refractivity contribution in [3.63, 3.8) is 0 Å². The van der Waals surface area contributed by atoms with E-state index >= 15 is 0 Å². The standard InChI is InChI=1S/C18H18N4OS/c1-12(13-7-3-2-4-8-13)20-18(19)24-11-16-21-15-10-6-5-9-14(15)17(23)22-16/h2-10,12H,11H2,1H3,(H2,19,20)(H,21,22,23)/t12-/m1/s1. The summed E-state index contributed by atoms with van der Waals surface area (Å²) in [6, 6.07) is 17.2. The van der Waals surface area contributed by atoms with Crippen LogP contribution in [0.5, 0.6) is 0 Å². The minimum atomic E-state index is -0.135. The Hall–Kier alpha value is -2.60. The molecule has 1 atom stereocenters. The normalized spacial score (nSPS) is 13.1. The van der Waals surface area contributed by atoms with Crippen LogP contribution in [0.25, 0.3) is 10.9 Å². The molecule has 0 saturated heterocycles. The van der Waals surface area contributed by atoms with E-state index in [0.29, 0.717) is 27.6 Å². The lowest BCUT2D eigenvalue weighted by atomic mass is 10.1. The van der Waals surface area contributed by atoms with Crippen molar-refractivity contribution in [2.75, 3.05) is 0 Å². The maximum Gasteiger partial charge on any atom is 0.258 e. The fourth-order valence-electron chi connectivity index (χ4n) is 2.38. The van der Waals surface area contributed by atoms with Gasteiger partial charge in [0, 0.05) is 0 Å². The van der Waals surface area contributed by atoms with Crippen LogP contribution in [0.3, 0.4) is 0 Å². The van der Waals surface area contributed by atoms with Gasteiger partial charge in [0.05, 0.1) is 22.7 Å². The molecule has 0 spiro atoms. The number of aromatic amines is 1. The van der Waals surface area contributed by atoms with Crippen molar-refractivity contribution in [1.29, 1.82) is 0 Å². The first kappa shape index (κ1) is 16.3. The summed E-state index contributed by atoms with van der Waals surface area (Å²) in [5, 5.41) is 1.06. The zero-order valence-corrected chi connectivity index (χ0v) is 14.1. The molecule has 1 heterocycles. The number of fused-ring (bicyclic) bond motifs is 1. The van der Waals surface area contributed by atoms with Gasteiger partial charge < -0.3 is 10.7 Å². The van der Waals surface area contributed by atoms with Gasteiger partial charge in [-0.3, -0.25) is 9.79 Å². The maximum absolute atomic E-state index is 12.0. The van der Waals surface area contributed by atoms with Gasteiger partial charge in [0.2, 0.25) is 0 Å². The molecule has 3 rings (SSSR count). The maximum atomic E-state index is 12.0. The Morgan fingerprint density at radius 3 is 2.71 bits per heavy atom. The van der Waals surface area contributed by atoms with Crippen LogP contribution < -0.4 is 11.3 Å². The number of aliphatic imine (C=N–C) groups is 1. The molecule has 0 bridgehead atoms. The van der Waals surface area contributed by atoms with Gasteiger partial charge >= 0.3 is 0 Å². The van der Waals surface area contributed by atoms with Crippen LogP contribution in [-0.2, 0) is 5.75 Å². The number of rotatable bonds is 4. The number of amidine groups is 1. The van der Waals surface area contributed by atoms with Gasteiger partial charge in [0.1, 0.15) is 5.82 Å². The van der Waals surface area contributed by atoms with Crippen LogP contribution in [-0.4, -0.2) is 15.1 Å². The molecule has 0 aliphatic heterocycles. The van der Waals surface area contributed by atoms with Crippen LogP contribution in [0.1, 0.15) is 24.4 Å². The Kier molecular flexibility index (Phi) is 4.96. The molecule has 6 heteroatoms. The fraction of sp³-hybridized carbons (Fsp3) is 0.167. The Bertz CT molecular complexity index is 921. The molecule has 0 aliphatic carbocycles. The number of aromatic nitrogens is 2. The largest absolute Gasteiger partial charge is 0.379 e. The Morgan fingerprint density at radius 1 is 1.21 bits per heavy atom. The molecule has 0 radical (unpaired) electrons. The van der Waals surface area contributed by atoms with Crippen LogP contribution in [0.4, 0.5) is 0 Å². The van der Waals surface area contributed by atoms with Crippen molar-refractivity contribution in [3.8, 4) is 0 Å². The lowest BCUT2D eigenvalue weighted by Gasteiger charge is -2.08. The first-order chi connectivity index (χ1) is 11.6. The third kappa shape index (κ3) is 3.83. The minimum Gasteiger partial charge on any atom is -0.379 e. The summed E-state index contributed by atoms with van der Waals surface area (Å²) in [5.41, 5.74) is 7.66. The average Bonchev–Trinajstić information content (AvgIpc) is 2.61. The lowest BCUT2D eigenvalue weighted by molar-refractivity contribution is 0.822. The third-order valence-electron chi connectivity index (χ3n) is 3.62. The van der Waals surface area contributed by atoms with Gasteiger partial charge in [0.15, 0.2) is 5.17 Å². The summed E-state index contributed by atoms with van der Waals surface area (Å²) in [5.74, 6) is 1.06. The summed E-state index contributed by atoms with van der Waals surface area (Å²) in [7, 11) is 0. The van der Waals surface area contributed by atoms with Gasteiger partial charge in [-0.15, -0.1) is 0 Å². The highest BCUT2D eigenvalue weighted by atomic mass is 32.2. The molecule has 3 N–H and O–H groups in total. The van der Waals surface area contributed by atoms with Crippen molar-refractivity contribution < 1.29 is 0 Å². The molecule has 0 fully saturated rings. The minimum absolute atomic E-state index is 0.0117. The molecule has 3 aromatic rings. The van der Waals surface area contributed by atoms with Crippen LogP contribution in [0, 0.1) is 0 Å². The lowest BCUT2D eigenvalue weighted by Crippen LogP contribution is -2.13. The van der Waals surface area contributed by atoms with Crippen LogP contribution in [0.15, 0.2) is 64.4 Å². The van der Waals surface area contributed by atoms with Crippen molar-refractivity contribution in [2.24, 2.45) is 10.7 Å². The van der Waals surface area contributed by atoms with Crippen LogP contribution >= 0.6 is 11.8 Å². The fourth-order valence-corrected chi connectivity index (χ4v) is 3.03. The van der Waals surface area contributed by atoms with Crippen molar-refractivity contribution in [1.82, 2.24) is 9.97 Å². The number of nitrogens with one attached hydrogen (secondary N) is 1. The number of thioether (sulfide) groups is 1. The van der Waals surface area contributed by atoms with E-state index < -0.39 is 0 Å². The summed E-state index contributed by atoms with van der Waals surface area (Å²) in [4.78, 5) is 23.8. The predicted octanol–water partition coefficient (Wildman–Crippen LogP) is 3.23. The molecular formula is C18H18N4OS. The first-order valence-corrected chi connectivity index (χ1v) is 8.61. The van der Waals surface area contributed by atoms with E-state index in [1.807, 2.05) is 55.5 Å². The zero-order chi connectivity index (χ0) is 16.9. The highest BCUT2D eigenvalue weighted by Crippen LogP contribution is 2.18. The molecule has 5 nitrogen and oxygen atoms in total.